The van der Waals surface area contributed by atoms with Gasteiger partial charge in [-0.15, -0.1) is 0 Å². The van der Waals surface area contributed by atoms with Gasteiger partial charge < -0.3 is 4.98 Å². The van der Waals surface area contributed by atoms with Crippen LogP contribution >= 0.6 is 0 Å². The van der Waals surface area contributed by atoms with Crippen molar-refractivity contribution in [1.82, 2.24) is 4.98 Å². The molecule has 0 radical (unpaired) electrons. The SMILES string of the molecule is Cc1cccc(-c2[nH]c(C)cc2C)c1. The summed E-state index contributed by atoms with van der Waals surface area (Å²) in [6.07, 6.45) is 0. The van der Waals surface area contributed by atoms with Gasteiger partial charge in [-0.2, -0.15) is 0 Å². The summed E-state index contributed by atoms with van der Waals surface area (Å²) in [6.45, 7) is 6.35. The summed E-state index contributed by atoms with van der Waals surface area (Å²) in [5.41, 5.74) is 6.35. The van der Waals surface area contributed by atoms with Gasteiger partial charge in [0.2, 0.25) is 0 Å². The third kappa shape index (κ3) is 1.58. The fourth-order valence-corrected chi connectivity index (χ4v) is 1.83. The quantitative estimate of drug-likeness (QED) is 0.698. The molecule has 72 valence electrons. The van der Waals surface area contributed by atoms with Gasteiger partial charge in [-0.25, -0.2) is 0 Å². The molecule has 2 rings (SSSR count). The lowest BCUT2D eigenvalue weighted by atomic mass is 10.1. The van der Waals surface area contributed by atoms with Gasteiger partial charge in [0.1, 0.15) is 0 Å². The van der Waals surface area contributed by atoms with E-state index >= 15 is 0 Å². The van der Waals surface area contributed by atoms with Crippen molar-refractivity contribution in [2.75, 3.05) is 0 Å². The maximum Gasteiger partial charge on any atom is 0.0485 e. The van der Waals surface area contributed by atoms with Gasteiger partial charge in [-0.05, 0) is 44.0 Å². The molecule has 0 aliphatic carbocycles. The molecular formula is C13H15N. The minimum atomic E-state index is 1.22. The Balaban J connectivity index is 2.54. The molecule has 1 heteroatoms. The summed E-state index contributed by atoms with van der Waals surface area (Å²) in [7, 11) is 0. The maximum atomic E-state index is 3.39. The van der Waals surface area contributed by atoms with Crippen LogP contribution in [0.3, 0.4) is 0 Å². The van der Waals surface area contributed by atoms with E-state index < -0.39 is 0 Å². The Hall–Kier alpha value is -1.50. The highest BCUT2D eigenvalue weighted by atomic mass is 14.7. The van der Waals surface area contributed by atoms with Gasteiger partial charge in [-0.1, -0.05) is 23.8 Å². The Bertz CT molecular complexity index is 452. The summed E-state index contributed by atoms with van der Waals surface area (Å²) < 4.78 is 0. The van der Waals surface area contributed by atoms with Crippen LogP contribution < -0.4 is 0 Å². The molecule has 0 saturated carbocycles. The number of nitrogens with one attached hydrogen (secondary N) is 1. The molecule has 2 aromatic rings. The number of aryl methyl sites for hydroxylation is 3. The third-order valence-electron chi connectivity index (χ3n) is 2.46. The fourth-order valence-electron chi connectivity index (χ4n) is 1.83. The number of aromatic amines is 1. The van der Waals surface area contributed by atoms with Gasteiger partial charge in [-0.3, -0.25) is 0 Å². The van der Waals surface area contributed by atoms with Gasteiger partial charge in [0.25, 0.3) is 0 Å². The van der Waals surface area contributed by atoms with Crippen molar-refractivity contribution >= 4 is 0 Å². The topological polar surface area (TPSA) is 15.8 Å². The first-order valence-electron chi connectivity index (χ1n) is 4.90. The van der Waals surface area contributed by atoms with Gasteiger partial charge in [0, 0.05) is 11.4 Å². The van der Waals surface area contributed by atoms with Crippen LogP contribution in [0.25, 0.3) is 11.3 Å². The van der Waals surface area contributed by atoms with Gasteiger partial charge >= 0.3 is 0 Å². The molecule has 0 aliphatic rings. The Morgan fingerprint density at radius 3 is 2.36 bits per heavy atom. The zero-order valence-corrected chi connectivity index (χ0v) is 8.89. The lowest BCUT2D eigenvalue weighted by molar-refractivity contribution is 1.26. The van der Waals surface area contributed by atoms with E-state index in [2.05, 4.69) is 56.1 Å². The normalized spacial score (nSPS) is 10.5. The first-order chi connectivity index (χ1) is 6.66. The van der Waals surface area contributed by atoms with Crippen molar-refractivity contribution < 1.29 is 0 Å². The van der Waals surface area contributed by atoms with Crippen LogP contribution in [0.1, 0.15) is 16.8 Å². The second kappa shape index (κ2) is 3.33. The average Bonchev–Trinajstić information content (AvgIpc) is 2.45. The second-order valence-electron chi connectivity index (χ2n) is 3.88. The largest absolute Gasteiger partial charge is 0.358 e. The number of H-pyrrole nitrogens is 1. The van der Waals surface area contributed by atoms with E-state index in [-0.39, 0.29) is 0 Å². The van der Waals surface area contributed by atoms with Gasteiger partial charge in [0.05, 0.1) is 0 Å². The van der Waals surface area contributed by atoms with Crippen LogP contribution in [0.5, 0.6) is 0 Å². The van der Waals surface area contributed by atoms with Crippen molar-refractivity contribution in [2.24, 2.45) is 0 Å². The molecule has 1 nitrogen and oxygen atoms in total. The minimum Gasteiger partial charge on any atom is -0.358 e. The summed E-state index contributed by atoms with van der Waals surface area (Å²) >= 11 is 0. The summed E-state index contributed by atoms with van der Waals surface area (Å²) in [4.78, 5) is 3.39. The van der Waals surface area contributed by atoms with E-state index in [1.54, 1.807) is 0 Å². The average molecular weight is 185 g/mol. The molecule has 0 bridgehead atoms. The standard InChI is InChI=1S/C13H15N/c1-9-5-4-6-12(7-9)13-10(2)8-11(3)14-13/h4-8,14H,1-3H3. The smallest absolute Gasteiger partial charge is 0.0485 e. The molecule has 0 fully saturated rings. The Morgan fingerprint density at radius 2 is 1.79 bits per heavy atom. The predicted molar refractivity (Wildman–Crippen MR) is 60.4 cm³/mol. The van der Waals surface area contributed by atoms with Crippen LogP contribution in [-0.2, 0) is 0 Å². The van der Waals surface area contributed by atoms with E-state index in [4.69, 9.17) is 0 Å². The molecule has 1 aromatic heterocycles. The van der Waals surface area contributed by atoms with Crippen LogP contribution in [0.15, 0.2) is 30.3 Å². The van der Waals surface area contributed by atoms with E-state index in [9.17, 15) is 0 Å². The first kappa shape index (κ1) is 9.07. The third-order valence-corrected chi connectivity index (χ3v) is 2.46. The minimum absolute atomic E-state index is 1.22. The van der Waals surface area contributed by atoms with Crippen molar-refractivity contribution in [1.29, 1.82) is 0 Å². The lowest BCUT2D eigenvalue weighted by Crippen LogP contribution is -1.81. The Labute approximate surface area is 84.8 Å². The molecule has 1 heterocycles. The predicted octanol–water partition coefficient (Wildman–Crippen LogP) is 3.61. The van der Waals surface area contributed by atoms with E-state index in [1.165, 1.54) is 28.1 Å². The molecule has 1 aromatic carbocycles. The summed E-state index contributed by atoms with van der Waals surface area (Å²) in [5, 5.41) is 0. The second-order valence-corrected chi connectivity index (χ2v) is 3.88. The molecule has 14 heavy (non-hydrogen) atoms. The molecule has 0 amide bonds. The maximum absolute atomic E-state index is 3.39. The number of hydrogen-bond donors (Lipinski definition) is 1. The number of rotatable bonds is 1. The number of benzene rings is 1. The monoisotopic (exact) mass is 185 g/mol. The highest BCUT2D eigenvalue weighted by molar-refractivity contribution is 5.64. The highest BCUT2D eigenvalue weighted by Gasteiger charge is 2.03. The van der Waals surface area contributed by atoms with Gasteiger partial charge in [0.15, 0.2) is 0 Å². The first-order valence-corrected chi connectivity index (χ1v) is 4.90. The van der Waals surface area contributed by atoms with Crippen molar-refractivity contribution in [3.05, 3.63) is 47.2 Å². The molecule has 0 aliphatic heterocycles. The van der Waals surface area contributed by atoms with E-state index in [0.717, 1.165) is 0 Å². The van der Waals surface area contributed by atoms with Crippen molar-refractivity contribution in [3.8, 4) is 11.3 Å². The van der Waals surface area contributed by atoms with E-state index in [1.807, 2.05) is 0 Å². The Morgan fingerprint density at radius 1 is 1.00 bits per heavy atom. The highest BCUT2D eigenvalue weighted by Crippen LogP contribution is 2.23. The molecule has 0 saturated heterocycles. The molecular weight excluding hydrogens is 170 g/mol. The van der Waals surface area contributed by atoms with E-state index in [0.29, 0.717) is 0 Å². The molecule has 0 spiro atoms. The number of hydrogen-bond acceptors (Lipinski definition) is 0. The zero-order valence-electron chi connectivity index (χ0n) is 8.89. The molecule has 0 unspecified atom stereocenters. The zero-order chi connectivity index (χ0) is 10.1. The fraction of sp³-hybridized carbons (Fsp3) is 0.231. The van der Waals surface area contributed by atoms with Crippen LogP contribution in [0.2, 0.25) is 0 Å². The lowest BCUT2D eigenvalue weighted by Gasteiger charge is -2.01. The van der Waals surface area contributed by atoms with Crippen LogP contribution in [0.4, 0.5) is 0 Å². The summed E-state index contributed by atoms with van der Waals surface area (Å²) in [5.74, 6) is 0. The number of aromatic nitrogens is 1. The van der Waals surface area contributed by atoms with Crippen molar-refractivity contribution in [2.45, 2.75) is 20.8 Å². The van der Waals surface area contributed by atoms with Crippen LogP contribution in [-0.4, -0.2) is 4.98 Å². The molecule has 1 N–H and O–H groups in total. The summed E-state index contributed by atoms with van der Waals surface area (Å²) in [6, 6.07) is 10.7. The molecule has 0 atom stereocenters. The van der Waals surface area contributed by atoms with Crippen LogP contribution in [0, 0.1) is 20.8 Å². The van der Waals surface area contributed by atoms with Crippen molar-refractivity contribution in [3.63, 3.8) is 0 Å². The Kier molecular flexibility index (Phi) is 2.16.